The van der Waals surface area contributed by atoms with Crippen molar-refractivity contribution in [2.24, 2.45) is 5.92 Å². The Balaban J connectivity index is 1.67. The second-order valence-corrected chi connectivity index (χ2v) is 7.21. The third-order valence-electron chi connectivity index (χ3n) is 4.58. The lowest BCUT2D eigenvalue weighted by Crippen LogP contribution is -2.41. The number of carbonyl (C=O) groups excluding carboxylic acids is 2. The van der Waals surface area contributed by atoms with Crippen LogP contribution >= 0.6 is 0 Å². The van der Waals surface area contributed by atoms with E-state index >= 15 is 0 Å². The average Bonchev–Trinajstić information content (AvgIpc) is 3.16. The maximum Gasteiger partial charge on any atom is 0.273 e. The number of benzene rings is 1. The van der Waals surface area contributed by atoms with Gasteiger partial charge in [-0.2, -0.15) is 0 Å². The Morgan fingerprint density at radius 3 is 2.85 bits per heavy atom. The van der Waals surface area contributed by atoms with Gasteiger partial charge in [0.25, 0.3) is 11.8 Å². The summed E-state index contributed by atoms with van der Waals surface area (Å²) in [6.07, 6.45) is 3.20. The molecule has 8 heteroatoms. The first-order valence-electron chi connectivity index (χ1n) is 9.19. The summed E-state index contributed by atoms with van der Waals surface area (Å²) in [7, 11) is 0. The number of amides is 2. The highest BCUT2D eigenvalue weighted by atomic mass is 19.1. The standard InChI is InChI=1S/C19H24FN5O2/c1-13(2)10-21-18(26)17-12-25(23-22-17)14-6-5-9-24(11-14)19(27)15-7-3-4-8-16(15)20/h3-4,7-8,12-14H,5-6,9-11H2,1-2H3,(H,21,26)/t14-/m1/s1. The van der Waals surface area contributed by atoms with Gasteiger partial charge in [0, 0.05) is 19.6 Å². The Morgan fingerprint density at radius 2 is 2.11 bits per heavy atom. The molecule has 1 aromatic heterocycles. The third-order valence-corrected chi connectivity index (χ3v) is 4.58. The molecule has 1 aliphatic rings. The summed E-state index contributed by atoms with van der Waals surface area (Å²) in [5.74, 6) is -0.757. The fourth-order valence-electron chi connectivity index (χ4n) is 3.11. The summed E-state index contributed by atoms with van der Waals surface area (Å²) in [6, 6.07) is 5.90. The lowest BCUT2D eigenvalue weighted by atomic mass is 10.0. The van der Waals surface area contributed by atoms with E-state index in [0.717, 1.165) is 12.8 Å². The van der Waals surface area contributed by atoms with Crippen molar-refractivity contribution < 1.29 is 14.0 Å². The monoisotopic (exact) mass is 373 g/mol. The van der Waals surface area contributed by atoms with Crippen LogP contribution in [0.2, 0.25) is 0 Å². The molecule has 0 radical (unpaired) electrons. The minimum atomic E-state index is -0.519. The molecule has 0 unspecified atom stereocenters. The van der Waals surface area contributed by atoms with Crippen LogP contribution < -0.4 is 5.32 Å². The largest absolute Gasteiger partial charge is 0.350 e. The molecule has 0 saturated carbocycles. The topological polar surface area (TPSA) is 80.1 Å². The van der Waals surface area contributed by atoms with E-state index in [9.17, 15) is 14.0 Å². The van der Waals surface area contributed by atoms with Crippen LogP contribution in [0, 0.1) is 11.7 Å². The number of rotatable bonds is 5. The predicted octanol–water partition coefficient (Wildman–Crippen LogP) is 2.28. The number of aromatic nitrogens is 3. The van der Waals surface area contributed by atoms with Gasteiger partial charge in [-0.05, 0) is 30.9 Å². The number of nitrogens with zero attached hydrogens (tertiary/aromatic N) is 4. The molecule has 7 nitrogen and oxygen atoms in total. The van der Waals surface area contributed by atoms with Crippen molar-refractivity contribution in [3.05, 3.63) is 47.5 Å². The Morgan fingerprint density at radius 1 is 1.33 bits per heavy atom. The van der Waals surface area contributed by atoms with E-state index in [2.05, 4.69) is 15.6 Å². The minimum absolute atomic E-state index is 0.0745. The minimum Gasteiger partial charge on any atom is -0.350 e. The molecule has 144 valence electrons. The van der Waals surface area contributed by atoms with Crippen molar-refractivity contribution in [1.82, 2.24) is 25.2 Å². The van der Waals surface area contributed by atoms with Gasteiger partial charge in [-0.3, -0.25) is 9.59 Å². The van der Waals surface area contributed by atoms with Crippen LogP contribution in [0.5, 0.6) is 0 Å². The van der Waals surface area contributed by atoms with Gasteiger partial charge in [-0.15, -0.1) is 5.10 Å². The van der Waals surface area contributed by atoms with E-state index < -0.39 is 5.82 Å². The summed E-state index contributed by atoms with van der Waals surface area (Å²) >= 11 is 0. The zero-order chi connectivity index (χ0) is 19.4. The number of nitrogens with one attached hydrogen (secondary N) is 1. The van der Waals surface area contributed by atoms with Gasteiger partial charge in [-0.25, -0.2) is 9.07 Å². The lowest BCUT2D eigenvalue weighted by molar-refractivity contribution is 0.0666. The summed E-state index contributed by atoms with van der Waals surface area (Å²) in [4.78, 5) is 26.4. The second kappa shape index (κ2) is 8.28. The van der Waals surface area contributed by atoms with Gasteiger partial charge in [0.15, 0.2) is 5.69 Å². The smallest absolute Gasteiger partial charge is 0.273 e. The Kier molecular flexibility index (Phi) is 5.83. The van der Waals surface area contributed by atoms with E-state index in [-0.39, 0.29) is 29.1 Å². The molecule has 1 saturated heterocycles. The first-order chi connectivity index (χ1) is 13.0. The SMILES string of the molecule is CC(C)CNC(=O)c1cn([C@@H]2CCCN(C(=O)c3ccccc3F)C2)nn1. The number of halogens is 1. The molecular formula is C19H24FN5O2. The molecule has 1 atom stereocenters. The van der Waals surface area contributed by atoms with Crippen LogP contribution in [-0.2, 0) is 0 Å². The molecule has 1 aliphatic heterocycles. The highest BCUT2D eigenvalue weighted by molar-refractivity contribution is 5.94. The van der Waals surface area contributed by atoms with Crippen molar-refractivity contribution in [2.45, 2.75) is 32.7 Å². The maximum atomic E-state index is 13.9. The molecule has 1 N–H and O–H groups in total. The first kappa shape index (κ1) is 19.0. The van der Waals surface area contributed by atoms with Crippen molar-refractivity contribution in [1.29, 1.82) is 0 Å². The molecule has 27 heavy (non-hydrogen) atoms. The quantitative estimate of drug-likeness (QED) is 0.872. The summed E-state index contributed by atoms with van der Waals surface area (Å²) in [6.45, 7) is 5.57. The molecule has 3 rings (SSSR count). The van der Waals surface area contributed by atoms with Crippen LogP contribution in [-0.4, -0.2) is 51.3 Å². The molecule has 2 heterocycles. The molecular weight excluding hydrogens is 349 g/mol. The summed E-state index contributed by atoms with van der Waals surface area (Å²) < 4.78 is 15.5. The maximum absolute atomic E-state index is 13.9. The zero-order valence-electron chi connectivity index (χ0n) is 15.6. The number of hydrogen-bond donors (Lipinski definition) is 1. The molecule has 2 aromatic rings. The number of carbonyl (C=O) groups is 2. The number of likely N-dealkylation sites (tertiary alicyclic amines) is 1. The Labute approximate surface area is 157 Å². The van der Waals surface area contributed by atoms with Crippen LogP contribution in [0.3, 0.4) is 0 Å². The van der Waals surface area contributed by atoms with Crippen LogP contribution in [0.1, 0.15) is 53.6 Å². The molecule has 1 aromatic carbocycles. The van der Waals surface area contributed by atoms with E-state index in [1.807, 2.05) is 13.8 Å². The molecule has 0 aliphatic carbocycles. The lowest BCUT2D eigenvalue weighted by Gasteiger charge is -2.32. The Hall–Kier alpha value is -2.77. The number of piperidine rings is 1. The van der Waals surface area contributed by atoms with E-state index in [4.69, 9.17) is 0 Å². The number of hydrogen-bond acceptors (Lipinski definition) is 4. The fraction of sp³-hybridized carbons (Fsp3) is 0.474. The first-order valence-corrected chi connectivity index (χ1v) is 9.19. The molecule has 1 fully saturated rings. The van der Waals surface area contributed by atoms with E-state index in [1.165, 1.54) is 12.1 Å². The van der Waals surface area contributed by atoms with Gasteiger partial charge in [0.05, 0.1) is 17.8 Å². The third kappa shape index (κ3) is 4.50. The highest BCUT2D eigenvalue weighted by Gasteiger charge is 2.28. The van der Waals surface area contributed by atoms with Crippen LogP contribution in [0.4, 0.5) is 4.39 Å². The van der Waals surface area contributed by atoms with Crippen molar-refractivity contribution in [3.63, 3.8) is 0 Å². The van der Waals surface area contributed by atoms with E-state index in [0.29, 0.717) is 25.6 Å². The van der Waals surface area contributed by atoms with Crippen molar-refractivity contribution >= 4 is 11.8 Å². The van der Waals surface area contributed by atoms with Crippen LogP contribution in [0.25, 0.3) is 0 Å². The predicted molar refractivity (Wildman–Crippen MR) is 97.8 cm³/mol. The molecule has 0 spiro atoms. The average molecular weight is 373 g/mol. The normalized spacial score (nSPS) is 17.2. The van der Waals surface area contributed by atoms with Gasteiger partial charge in [0.2, 0.25) is 0 Å². The van der Waals surface area contributed by atoms with Gasteiger partial charge < -0.3 is 10.2 Å². The highest BCUT2D eigenvalue weighted by Crippen LogP contribution is 2.23. The second-order valence-electron chi connectivity index (χ2n) is 7.21. The van der Waals surface area contributed by atoms with Gasteiger partial charge in [-0.1, -0.05) is 31.2 Å². The van der Waals surface area contributed by atoms with Gasteiger partial charge >= 0.3 is 0 Å². The molecule has 0 bridgehead atoms. The van der Waals surface area contributed by atoms with Gasteiger partial charge in [0.1, 0.15) is 5.82 Å². The summed E-state index contributed by atoms with van der Waals surface area (Å²) in [5.41, 5.74) is 0.332. The van der Waals surface area contributed by atoms with E-state index in [1.54, 1.807) is 27.9 Å². The summed E-state index contributed by atoms with van der Waals surface area (Å²) in [5, 5.41) is 10.8. The van der Waals surface area contributed by atoms with Crippen LogP contribution in [0.15, 0.2) is 30.5 Å². The Bertz CT molecular complexity index is 820. The molecule has 2 amide bonds. The van der Waals surface area contributed by atoms with Crippen molar-refractivity contribution in [2.75, 3.05) is 19.6 Å². The van der Waals surface area contributed by atoms with Crippen molar-refractivity contribution in [3.8, 4) is 0 Å². The zero-order valence-corrected chi connectivity index (χ0v) is 15.6. The fourth-order valence-corrected chi connectivity index (χ4v) is 3.11.